The number of benzene rings is 1. The second kappa shape index (κ2) is 5.31. The van der Waals surface area contributed by atoms with Gasteiger partial charge in [-0.05, 0) is 56.1 Å². The molecule has 0 unspecified atom stereocenters. The van der Waals surface area contributed by atoms with E-state index in [1.54, 1.807) is 7.11 Å². The molecule has 0 amide bonds. The van der Waals surface area contributed by atoms with Crippen LogP contribution in [0.4, 0.5) is 0 Å². The molecule has 98 valence electrons. The summed E-state index contributed by atoms with van der Waals surface area (Å²) >= 11 is 0. The summed E-state index contributed by atoms with van der Waals surface area (Å²) in [6.07, 6.45) is 8.03. The molecule has 2 aliphatic heterocycles. The van der Waals surface area contributed by atoms with Crippen molar-refractivity contribution in [1.82, 2.24) is 5.32 Å². The summed E-state index contributed by atoms with van der Waals surface area (Å²) in [7, 11) is 1.77. The number of nitrogens with one attached hydrogen (secondary N) is 1. The first-order valence-corrected chi connectivity index (χ1v) is 7.23. The largest absolute Gasteiger partial charge is 0.496 e. The maximum absolute atomic E-state index is 5.43. The Labute approximate surface area is 110 Å². The van der Waals surface area contributed by atoms with E-state index in [2.05, 4.69) is 23.5 Å². The van der Waals surface area contributed by atoms with Crippen molar-refractivity contribution in [2.45, 2.75) is 50.6 Å². The Kier molecular flexibility index (Phi) is 3.55. The summed E-state index contributed by atoms with van der Waals surface area (Å²) in [6, 6.07) is 10.1. The Balaban J connectivity index is 1.58. The molecule has 0 saturated carbocycles. The fourth-order valence-electron chi connectivity index (χ4n) is 3.68. The predicted molar refractivity (Wildman–Crippen MR) is 74.0 cm³/mol. The third-order valence-electron chi connectivity index (χ3n) is 4.59. The maximum atomic E-state index is 5.43. The lowest BCUT2D eigenvalue weighted by Gasteiger charge is -2.29. The summed E-state index contributed by atoms with van der Waals surface area (Å²) in [4.78, 5) is 0. The van der Waals surface area contributed by atoms with Gasteiger partial charge in [-0.2, -0.15) is 0 Å². The molecule has 18 heavy (non-hydrogen) atoms. The van der Waals surface area contributed by atoms with E-state index in [4.69, 9.17) is 4.74 Å². The summed E-state index contributed by atoms with van der Waals surface area (Å²) in [5.74, 6) is 1.96. The van der Waals surface area contributed by atoms with Crippen molar-refractivity contribution in [3.8, 4) is 5.75 Å². The number of methoxy groups -OCH3 is 1. The Morgan fingerprint density at radius 2 is 1.89 bits per heavy atom. The van der Waals surface area contributed by atoms with Crippen molar-refractivity contribution in [2.75, 3.05) is 7.11 Å². The second-order valence-electron chi connectivity index (χ2n) is 5.83. The Morgan fingerprint density at radius 3 is 2.61 bits per heavy atom. The zero-order valence-corrected chi connectivity index (χ0v) is 11.2. The molecule has 1 aromatic carbocycles. The lowest BCUT2D eigenvalue weighted by Crippen LogP contribution is -2.38. The molecule has 1 N–H and O–H groups in total. The van der Waals surface area contributed by atoms with E-state index < -0.39 is 0 Å². The monoisotopic (exact) mass is 245 g/mol. The quantitative estimate of drug-likeness (QED) is 0.880. The summed E-state index contributed by atoms with van der Waals surface area (Å²) in [6.45, 7) is 0. The van der Waals surface area contributed by atoms with Gasteiger partial charge >= 0.3 is 0 Å². The highest BCUT2D eigenvalue weighted by Gasteiger charge is 2.32. The van der Waals surface area contributed by atoms with Gasteiger partial charge < -0.3 is 10.1 Å². The van der Waals surface area contributed by atoms with E-state index in [0.29, 0.717) is 0 Å². The summed E-state index contributed by atoms with van der Waals surface area (Å²) < 4.78 is 5.43. The first-order chi connectivity index (χ1) is 8.85. The minimum atomic E-state index is 0.811. The standard InChI is InChI=1S/C16H23NO/c1-18-16-5-3-2-4-13(16)7-6-12-10-14-8-9-15(11-12)17-14/h2-5,12,14-15,17H,6-11H2,1H3/t12-,14+,15-. The first-order valence-electron chi connectivity index (χ1n) is 7.23. The molecule has 0 spiro atoms. The topological polar surface area (TPSA) is 21.3 Å². The number of fused-ring (bicyclic) bond motifs is 2. The van der Waals surface area contributed by atoms with E-state index in [0.717, 1.165) is 30.2 Å². The third kappa shape index (κ3) is 2.54. The van der Waals surface area contributed by atoms with Crippen molar-refractivity contribution in [2.24, 2.45) is 5.92 Å². The second-order valence-corrected chi connectivity index (χ2v) is 5.83. The van der Waals surface area contributed by atoms with Gasteiger partial charge in [0.1, 0.15) is 5.75 Å². The maximum Gasteiger partial charge on any atom is 0.122 e. The fourth-order valence-corrected chi connectivity index (χ4v) is 3.68. The number of para-hydroxylation sites is 1. The third-order valence-corrected chi connectivity index (χ3v) is 4.59. The van der Waals surface area contributed by atoms with Crippen LogP contribution < -0.4 is 10.1 Å². The molecule has 2 heteroatoms. The van der Waals surface area contributed by atoms with E-state index in [1.165, 1.54) is 37.7 Å². The molecule has 2 nitrogen and oxygen atoms in total. The van der Waals surface area contributed by atoms with Gasteiger partial charge in [0.2, 0.25) is 0 Å². The van der Waals surface area contributed by atoms with Gasteiger partial charge in [0.25, 0.3) is 0 Å². The highest BCUT2D eigenvalue weighted by Crippen LogP contribution is 2.34. The molecule has 2 fully saturated rings. The molecule has 0 aromatic heterocycles. The number of piperidine rings is 1. The molecule has 2 aliphatic rings. The van der Waals surface area contributed by atoms with Crippen LogP contribution in [0.5, 0.6) is 5.75 Å². The average Bonchev–Trinajstić information content (AvgIpc) is 2.76. The molecular formula is C16H23NO. The fraction of sp³-hybridized carbons (Fsp3) is 0.625. The minimum absolute atomic E-state index is 0.811. The predicted octanol–water partition coefficient (Wildman–Crippen LogP) is 3.16. The molecule has 1 aromatic rings. The number of aryl methyl sites for hydroxylation is 1. The smallest absolute Gasteiger partial charge is 0.122 e. The van der Waals surface area contributed by atoms with Crippen molar-refractivity contribution in [3.05, 3.63) is 29.8 Å². The molecule has 0 aliphatic carbocycles. The molecule has 2 bridgehead atoms. The highest BCUT2D eigenvalue weighted by atomic mass is 16.5. The lowest BCUT2D eigenvalue weighted by molar-refractivity contribution is 0.285. The van der Waals surface area contributed by atoms with Crippen LogP contribution in [0.15, 0.2) is 24.3 Å². The molecule has 2 heterocycles. The Bertz CT molecular complexity index is 392. The van der Waals surface area contributed by atoms with Crippen molar-refractivity contribution < 1.29 is 4.74 Å². The highest BCUT2D eigenvalue weighted by molar-refractivity contribution is 5.33. The first kappa shape index (κ1) is 12.0. The van der Waals surface area contributed by atoms with Crippen LogP contribution in [0, 0.1) is 5.92 Å². The van der Waals surface area contributed by atoms with Crippen LogP contribution in [0.1, 0.15) is 37.7 Å². The van der Waals surface area contributed by atoms with Crippen molar-refractivity contribution >= 4 is 0 Å². The molecular weight excluding hydrogens is 222 g/mol. The van der Waals surface area contributed by atoms with Gasteiger partial charge in [-0.25, -0.2) is 0 Å². The van der Waals surface area contributed by atoms with Crippen LogP contribution in [0.25, 0.3) is 0 Å². The van der Waals surface area contributed by atoms with E-state index >= 15 is 0 Å². The Hall–Kier alpha value is -1.02. The lowest BCUT2D eigenvalue weighted by atomic mass is 9.87. The normalized spacial score (nSPS) is 30.4. The number of rotatable bonds is 4. The molecule has 2 saturated heterocycles. The SMILES string of the molecule is COc1ccccc1CC[C@H]1C[C@H]2CC[C@@H](C1)N2. The van der Waals surface area contributed by atoms with Gasteiger partial charge in [0.05, 0.1) is 7.11 Å². The summed E-state index contributed by atoms with van der Waals surface area (Å²) in [5, 5.41) is 3.72. The zero-order valence-electron chi connectivity index (χ0n) is 11.2. The van der Waals surface area contributed by atoms with Crippen molar-refractivity contribution in [1.29, 1.82) is 0 Å². The molecule has 0 radical (unpaired) electrons. The minimum Gasteiger partial charge on any atom is -0.496 e. The van der Waals surface area contributed by atoms with Crippen LogP contribution in [-0.2, 0) is 6.42 Å². The average molecular weight is 245 g/mol. The molecule has 3 atom stereocenters. The number of ether oxygens (including phenoxy) is 1. The molecule has 3 rings (SSSR count). The number of hydrogen-bond donors (Lipinski definition) is 1. The Morgan fingerprint density at radius 1 is 1.17 bits per heavy atom. The van der Waals surface area contributed by atoms with Crippen LogP contribution in [-0.4, -0.2) is 19.2 Å². The van der Waals surface area contributed by atoms with Gasteiger partial charge in [-0.15, -0.1) is 0 Å². The van der Waals surface area contributed by atoms with Gasteiger partial charge in [0, 0.05) is 12.1 Å². The summed E-state index contributed by atoms with van der Waals surface area (Å²) in [5.41, 5.74) is 1.37. The van der Waals surface area contributed by atoms with Gasteiger partial charge in [-0.1, -0.05) is 18.2 Å². The van der Waals surface area contributed by atoms with E-state index in [9.17, 15) is 0 Å². The van der Waals surface area contributed by atoms with Crippen LogP contribution in [0.2, 0.25) is 0 Å². The van der Waals surface area contributed by atoms with E-state index in [-0.39, 0.29) is 0 Å². The van der Waals surface area contributed by atoms with Gasteiger partial charge in [-0.3, -0.25) is 0 Å². The number of hydrogen-bond acceptors (Lipinski definition) is 2. The zero-order chi connectivity index (χ0) is 12.4. The van der Waals surface area contributed by atoms with E-state index in [1.807, 2.05) is 6.07 Å². The van der Waals surface area contributed by atoms with Crippen LogP contribution in [0.3, 0.4) is 0 Å². The van der Waals surface area contributed by atoms with Crippen molar-refractivity contribution in [3.63, 3.8) is 0 Å². The van der Waals surface area contributed by atoms with Gasteiger partial charge in [0.15, 0.2) is 0 Å². The van der Waals surface area contributed by atoms with Crippen LogP contribution >= 0.6 is 0 Å².